The van der Waals surface area contributed by atoms with Gasteiger partial charge < -0.3 is 9.30 Å². The molecule has 0 radical (unpaired) electrons. The molecule has 0 aliphatic heterocycles. The van der Waals surface area contributed by atoms with Gasteiger partial charge in [0.2, 0.25) is 0 Å². The van der Waals surface area contributed by atoms with Gasteiger partial charge in [0, 0.05) is 12.4 Å². The third kappa shape index (κ3) is 2.58. The third-order valence-corrected chi connectivity index (χ3v) is 3.60. The summed E-state index contributed by atoms with van der Waals surface area (Å²) in [6.45, 7) is 1.64. The van der Waals surface area contributed by atoms with E-state index in [1.807, 2.05) is 12.1 Å². The maximum atomic E-state index is 5.82. The number of ether oxygens (including phenoxy) is 1. The average molecular weight is 241 g/mol. The summed E-state index contributed by atoms with van der Waals surface area (Å²) in [5, 5.41) is 0. The standard InChI is InChI=1S/C16H19NO/c1-2-6-15-13-16(8-7-14(15)5-1)18-12-11-17-9-3-4-10-17/h3-4,7-10,13H,1-2,5-6,11-12H2. The largest absolute Gasteiger partial charge is 0.492 e. The third-order valence-electron chi connectivity index (χ3n) is 3.60. The molecule has 2 aromatic rings. The molecule has 0 N–H and O–H groups in total. The number of hydrogen-bond donors (Lipinski definition) is 0. The molecule has 0 fully saturated rings. The minimum absolute atomic E-state index is 0.730. The first-order valence-electron chi connectivity index (χ1n) is 6.77. The Labute approximate surface area is 108 Å². The summed E-state index contributed by atoms with van der Waals surface area (Å²) in [4.78, 5) is 0. The van der Waals surface area contributed by atoms with Crippen LogP contribution in [-0.2, 0) is 19.4 Å². The van der Waals surface area contributed by atoms with E-state index in [1.165, 1.54) is 36.8 Å². The second-order valence-corrected chi connectivity index (χ2v) is 4.91. The molecule has 0 saturated heterocycles. The summed E-state index contributed by atoms with van der Waals surface area (Å²) in [6, 6.07) is 10.7. The molecule has 0 saturated carbocycles. The molecule has 2 heteroatoms. The van der Waals surface area contributed by atoms with Crippen molar-refractivity contribution in [2.45, 2.75) is 32.2 Å². The maximum Gasteiger partial charge on any atom is 0.119 e. The monoisotopic (exact) mass is 241 g/mol. The van der Waals surface area contributed by atoms with Crippen LogP contribution in [-0.4, -0.2) is 11.2 Å². The van der Waals surface area contributed by atoms with Gasteiger partial charge in [-0.3, -0.25) is 0 Å². The maximum absolute atomic E-state index is 5.82. The van der Waals surface area contributed by atoms with Crippen molar-refractivity contribution in [2.24, 2.45) is 0 Å². The smallest absolute Gasteiger partial charge is 0.119 e. The van der Waals surface area contributed by atoms with Crippen LogP contribution >= 0.6 is 0 Å². The van der Waals surface area contributed by atoms with Crippen molar-refractivity contribution in [1.82, 2.24) is 4.57 Å². The summed E-state index contributed by atoms with van der Waals surface area (Å²) < 4.78 is 7.96. The Bertz CT molecular complexity index is 502. The van der Waals surface area contributed by atoms with Gasteiger partial charge in [0.15, 0.2) is 0 Å². The van der Waals surface area contributed by atoms with Crippen molar-refractivity contribution in [3.63, 3.8) is 0 Å². The summed E-state index contributed by atoms with van der Waals surface area (Å²) in [5.74, 6) is 1.02. The number of rotatable bonds is 4. The van der Waals surface area contributed by atoms with Crippen molar-refractivity contribution >= 4 is 0 Å². The van der Waals surface area contributed by atoms with Crippen LogP contribution in [0.25, 0.3) is 0 Å². The Kier molecular flexibility index (Phi) is 3.35. The van der Waals surface area contributed by atoms with Gasteiger partial charge in [-0.1, -0.05) is 6.07 Å². The van der Waals surface area contributed by atoms with E-state index in [1.54, 1.807) is 0 Å². The van der Waals surface area contributed by atoms with Gasteiger partial charge in [-0.2, -0.15) is 0 Å². The van der Waals surface area contributed by atoms with Gasteiger partial charge in [0.05, 0.1) is 6.54 Å². The van der Waals surface area contributed by atoms with E-state index < -0.39 is 0 Å². The summed E-state index contributed by atoms with van der Waals surface area (Å²) in [7, 11) is 0. The Balaban J connectivity index is 1.59. The first-order chi connectivity index (χ1) is 8.92. The summed E-state index contributed by atoms with van der Waals surface area (Å²) in [6.07, 6.45) is 9.23. The number of fused-ring (bicyclic) bond motifs is 1. The second kappa shape index (κ2) is 5.30. The molecule has 0 unspecified atom stereocenters. The Hall–Kier alpha value is -1.70. The summed E-state index contributed by atoms with van der Waals surface area (Å²) in [5.41, 5.74) is 3.00. The molecule has 2 nitrogen and oxygen atoms in total. The van der Waals surface area contributed by atoms with Crippen LogP contribution in [0, 0.1) is 0 Å². The normalized spacial score (nSPS) is 14.2. The topological polar surface area (TPSA) is 14.2 Å². The van der Waals surface area contributed by atoms with Gasteiger partial charge in [-0.05, 0) is 61.1 Å². The molecular weight excluding hydrogens is 222 g/mol. The Morgan fingerprint density at radius 1 is 1.00 bits per heavy atom. The molecule has 1 aliphatic rings. The van der Waals surface area contributed by atoms with E-state index >= 15 is 0 Å². The highest BCUT2D eigenvalue weighted by atomic mass is 16.5. The number of hydrogen-bond acceptors (Lipinski definition) is 1. The molecule has 0 amide bonds. The van der Waals surface area contributed by atoms with Gasteiger partial charge in [-0.15, -0.1) is 0 Å². The van der Waals surface area contributed by atoms with E-state index in [2.05, 4.69) is 35.2 Å². The van der Waals surface area contributed by atoms with Crippen LogP contribution in [0.1, 0.15) is 24.0 Å². The number of aromatic nitrogens is 1. The molecule has 1 aromatic heterocycles. The highest BCUT2D eigenvalue weighted by Crippen LogP contribution is 2.25. The van der Waals surface area contributed by atoms with Gasteiger partial charge >= 0.3 is 0 Å². The lowest BCUT2D eigenvalue weighted by Gasteiger charge is -2.16. The first kappa shape index (κ1) is 11.4. The lowest BCUT2D eigenvalue weighted by atomic mass is 9.92. The minimum Gasteiger partial charge on any atom is -0.492 e. The van der Waals surface area contributed by atoms with Crippen molar-refractivity contribution in [2.75, 3.05) is 6.61 Å². The van der Waals surface area contributed by atoms with Gasteiger partial charge in [0.1, 0.15) is 12.4 Å². The van der Waals surface area contributed by atoms with Gasteiger partial charge in [-0.25, -0.2) is 0 Å². The molecule has 3 rings (SSSR count). The molecule has 1 aliphatic carbocycles. The van der Waals surface area contributed by atoms with Crippen LogP contribution in [0.2, 0.25) is 0 Å². The number of benzene rings is 1. The van der Waals surface area contributed by atoms with Crippen molar-refractivity contribution < 1.29 is 4.74 Å². The fourth-order valence-electron chi connectivity index (χ4n) is 2.59. The van der Waals surface area contributed by atoms with Crippen LogP contribution in [0.4, 0.5) is 0 Å². The van der Waals surface area contributed by atoms with Crippen molar-refractivity contribution in [3.05, 3.63) is 53.9 Å². The van der Waals surface area contributed by atoms with Gasteiger partial charge in [0.25, 0.3) is 0 Å². The van der Waals surface area contributed by atoms with Crippen LogP contribution < -0.4 is 4.74 Å². The molecule has 0 bridgehead atoms. The van der Waals surface area contributed by atoms with Crippen LogP contribution in [0.5, 0.6) is 5.75 Å². The second-order valence-electron chi connectivity index (χ2n) is 4.91. The fraction of sp³-hybridized carbons (Fsp3) is 0.375. The molecular formula is C16H19NO. The minimum atomic E-state index is 0.730. The predicted octanol–water partition coefficient (Wildman–Crippen LogP) is 3.45. The zero-order valence-electron chi connectivity index (χ0n) is 10.6. The molecule has 94 valence electrons. The van der Waals surface area contributed by atoms with Crippen LogP contribution in [0.3, 0.4) is 0 Å². The molecule has 18 heavy (non-hydrogen) atoms. The number of nitrogens with zero attached hydrogens (tertiary/aromatic N) is 1. The number of aryl methyl sites for hydroxylation is 2. The average Bonchev–Trinajstić information content (AvgIpc) is 2.92. The zero-order chi connectivity index (χ0) is 12.2. The van der Waals surface area contributed by atoms with Crippen molar-refractivity contribution in [3.8, 4) is 5.75 Å². The van der Waals surface area contributed by atoms with E-state index in [0.29, 0.717) is 0 Å². The molecule has 0 atom stereocenters. The summed E-state index contributed by atoms with van der Waals surface area (Å²) >= 11 is 0. The Morgan fingerprint density at radius 3 is 2.61 bits per heavy atom. The highest BCUT2D eigenvalue weighted by Gasteiger charge is 2.09. The molecule has 1 aromatic carbocycles. The van der Waals surface area contributed by atoms with E-state index in [9.17, 15) is 0 Å². The lowest BCUT2D eigenvalue weighted by Crippen LogP contribution is -2.07. The quantitative estimate of drug-likeness (QED) is 0.799. The van der Waals surface area contributed by atoms with E-state index in [0.717, 1.165) is 18.9 Å². The SMILES string of the molecule is c1ccn(CCOc2ccc3c(c2)CCCC3)c1. The van der Waals surface area contributed by atoms with E-state index in [-0.39, 0.29) is 0 Å². The lowest BCUT2D eigenvalue weighted by molar-refractivity contribution is 0.298. The Morgan fingerprint density at radius 2 is 1.78 bits per heavy atom. The van der Waals surface area contributed by atoms with Crippen LogP contribution in [0.15, 0.2) is 42.7 Å². The molecule has 1 heterocycles. The first-order valence-corrected chi connectivity index (χ1v) is 6.77. The zero-order valence-corrected chi connectivity index (χ0v) is 10.6. The molecule has 0 spiro atoms. The highest BCUT2D eigenvalue weighted by molar-refractivity contribution is 5.37. The fourth-order valence-corrected chi connectivity index (χ4v) is 2.59. The predicted molar refractivity (Wildman–Crippen MR) is 73.0 cm³/mol. The van der Waals surface area contributed by atoms with E-state index in [4.69, 9.17) is 4.74 Å². The van der Waals surface area contributed by atoms with Crippen molar-refractivity contribution in [1.29, 1.82) is 0 Å².